The molecule has 0 aliphatic rings. The van der Waals surface area contributed by atoms with Gasteiger partial charge < -0.3 is 4.74 Å². The zero-order valence-electron chi connectivity index (χ0n) is 17.1. The van der Waals surface area contributed by atoms with Crippen molar-refractivity contribution in [3.8, 4) is 11.4 Å². The zero-order valence-corrected chi connectivity index (χ0v) is 19.5. The highest BCUT2D eigenvalue weighted by atomic mass is 79.9. The van der Waals surface area contributed by atoms with E-state index in [4.69, 9.17) is 4.74 Å². The first kappa shape index (κ1) is 24.8. The Morgan fingerprint density at radius 1 is 1.12 bits per heavy atom. The predicted octanol–water partition coefficient (Wildman–Crippen LogP) is 4.58. The van der Waals surface area contributed by atoms with E-state index in [1.54, 1.807) is 24.3 Å². The molecule has 2 aromatic carbocycles. The molecule has 3 aromatic rings. The van der Waals surface area contributed by atoms with Crippen molar-refractivity contribution in [2.45, 2.75) is 22.9 Å². The highest BCUT2D eigenvalue weighted by molar-refractivity contribution is 9.10. The molecule has 1 heterocycles. The molecule has 0 spiro atoms. The summed E-state index contributed by atoms with van der Waals surface area (Å²) in [5.41, 5.74) is -4.63. The molecular weight excluding hydrogens is 532 g/mol. The zero-order chi connectivity index (χ0) is 24.5. The lowest BCUT2D eigenvalue weighted by Gasteiger charge is -2.16. The van der Waals surface area contributed by atoms with Crippen molar-refractivity contribution in [2.24, 2.45) is 7.05 Å². The van der Waals surface area contributed by atoms with Gasteiger partial charge in [0.15, 0.2) is 5.78 Å². The third-order valence-corrected chi connectivity index (χ3v) is 6.39. The molecule has 0 atom stereocenters. The van der Waals surface area contributed by atoms with E-state index < -0.39 is 34.6 Å². The van der Waals surface area contributed by atoms with Gasteiger partial charge >= 0.3 is 11.9 Å². The van der Waals surface area contributed by atoms with E-state index in [-0.39, 0.29) is 27.5 Å². The van der Waals surface area contributed by atoms with Gasteiger partial charge in [-0.15, -0.1) is 0 Å². The number of rotatable bonds is 6. The maximum absolute atomic E-state index is 14.7. The van der Waals surface area contributed by atoms with Crippen LogP contribution in [0, 0.1) is 5.82 Å². The van der Waals surface area contributed by atoms with Crippen LogP contribution in [0.1, 0.15) is 12.6 Å². The quantitative estimate of drug-likeness (QED) is 0.423. The van der Waals surface area contributed by atoms with Crippen LogP contribution in [0.3, 0.4) is 0 Å². The number of ketones is 1. The van der Waals surface area contributed by atoms with E-state index in [2.05, 4.69) is 15.9 Å². The average Bonchev–Trinajstić information content (AvgIpc) is 2.72. The first-order chi connectivity index (χ1) is 15.4. The Hall–Kier alpha value is -2.86. The fourth-order valence-electron chi connectivity index (χ4n) is 2.84. The molecule has 1 aromatic heterocycles. The molecular formula is C21H15BrF4N2O4S. The van der Waals surface area contributed by atoms with Crippen LogP contribution in [0.2, 0.25) is 0 Å². The highest BCUT2D eigenvalue weighted by Gasteiger charge is 2.35. The standard InChI is InChI=1S/C21H15BrF4N2O4S/c1-11(29)10-32-15-5-3-4-6-16(15)33-17-8-14(13(23)7-12(17)22)28-19(30)9-18(21(24,25)26)27(2)20(28)31/h3-9H,10H2,1-2H3. The van der Waals surface area contributed by atoms with Crippen LogP contribution in [-0.4, -0.2) is 21.5 Å². The number of carbonyl (C=O) groups is 1. The van der Waals surface area contributed by atoms with Crippen LogP contribution >= 0.6 is 27.7 Å². The predicted molar refractivity (Wildman–Crippen MR) is 117 cm³/mol. The van der Waals surface area contributed by atoms with Crippen molar-refractivity contribution in [3.63, 3.8) is 0 Å². The summed E-state index contributed by atoms with van der Waals surface area (Å²) in [6, 6.07) is 9.11. The van der Waals surface area contributed by atoms with Gasteiger partial charge in [-0.1, -0.05) is 23.9 Å². The lowest BCUT2D eigenvalue weighted by Crippen LogP contribution is -2.41. The molecule has 0 radical (unpaired) electrons. The largest absolute Gasteiger partial charge is 0.485 e. The molecule has 174 valence electrons. The molecule has 0 aliphatic heterocycles. The van der Waals surface area contributed by atoms with E-state index in [1.807, 2.05) is 0 Å². The third kappa shape index (κ3) is 5.38. The second-order valence-electron chi connectivity index (χ2n) is 6.82. The lowest BCUT2D eigenvalue weighted by molar-refractivity contribution is -0.144. The summed E-state index contributed by atoms with van der Waals surface area (Å²) in [5, 5.41) is 0. The number of hydrogen-bond donors (Lipinski definition) is 0. The van der Waals surface area contributed by atoms with Gasteiger partial charge in [-0.05, 0) is 47.1 Å². The summed E-state index contributed by atoms with van der Waals surface area (Å²) in [6.07, 6.45) is -4.94. The summed E-state index contributed by atoms with van der Waals surface area (Å²) < 4.78 is 60.4. The van der Waals surface area contributed by atoms with Gasteiger partial charge in [-0.3, -0.25) is 14.2 Å². The fraction of sp³-hybridized carbons (Fsp3) is 0.190. The smallest absolute Gasteiger partial charge is 0.431 e. The minimum atomic E-state index is -4.94. The lowest BCUT2D eigenvalue weighted by atomic mass is 10.3. The maximum atomic E-state index is 14.7. The van der Waals surface area contributed by atoms with E-state index in [0.29, 0.717) is 20.1 Å². The number of Topliss-reactive ketones (excluding diaryl/α,β-unsaturated/α-hetero) is 1. The Bertz CT molecular complexity index is 1350. The van der Waals surface area contributed by atoms with Gasteiger partial charge in [0.2, 0.25) is 0 Å². The second kappa shape index (κ2) is 9.56. The van der Waals surface area contributed by atoms with Gasteiger partial charge in [0.1, 0.15) is 23.9 Å². The van der Waals surface area contributed by atoms with Crippen LogP contribution < -0.4 is 16.0 Å². The summed E-state index contributed by atoms with van der Waals surface area (Å²) in [5.74, 6) is -0.818. The molecule has 0 saturated heterocycles. The fourth-order valence-corrected chi connectivity index (χ4v) is 4.34. The van der Waals surface area contributed by atoms with Gasteiger partial charge in [0.25, 0.3) is 5.56 Å². The molecule has 3 rings (SSSR count). The average molecular weight is 547 g/mol. The van der Waals surface area contributed by atoms with Crippen molar-refractivity contribution in [2.75, 3.05) is 6.61 Å². The van der Waals surface area contributed by atoms with Crippen LogP contribution in [0.15, 0.2) is 66.3 Å². The number of carbonyl (C=O) groups excluding carboxylic acids is 1. The van der Waals surface area contributed by atoms with Crippen LogP contribution in [0.5, 0.6) is 5.75 Å². The SMILES string of the molecule is CC(=O)COc1ccccc1Sc1cc(-n2c(=O)cc(C(F)(F)F)n(C)c2=O)c(F)cc1Br. The summed E-state index contributed by atoms with van der Waals surface area (Å²) in [4.78, 5) is 37.1. The van der Waals surface area contributed by atoms with Gasteiger partial charge in [0, 0.05) is 22.5 Å². The molecule has 0 amide bonds. The van der Waals surface area contributed by atoms with Crippen molar-refractivity contribution in [1.29, 1.82) is 0 Å². The maximum Gasteiger partial charge on any atom is 0.431 e. The monoisotopic (exact) mass is 546 g/mol. The van der Waals surface area contributed by atoms with E-state index >= 15 is 0 Å². The Kier molecular flexibility index (Phi) is 7.17. The number of nitrogens with zero attached hydrogens (tertiary/aromatic N) is 2. The third-order valence-electron chi connectivity index (χ3n) is 4.35. The molecule has 0 bridgehead atoms. The summed E-state index contributed by atoms with van der Waals surface area (Å²) in [6.45, 7) is 1.20. The molecule has 0 saturated carbocycles. The molecule has 6 nitrogen and oxygen atoms in total. The molecule has 0 aliphatic carbocycles. The Labute approximate surface area is 196 Å². The molecule has 0 unspecified atom stereocenters. The number of halogens is 5. The first-order valence-electron chi connectivity index (χ1n) is 9.19. The number of aromatic nitrogens is 2. The Morgan fingerprint density at radius 3 is 2.42 bits per heavy atom. The van der Waals surface area contributed by atoms with E-state index in [9.17, 15) is 31.9 Å². The number of ether oxygens (including phenoxy) is 1. The van der Waals surface area contributed by atoms with Gasteiger partial charge in [-0.2, -0.15) is 13.2 Å². The summed E-state index contributed by atoms with van der Waals surface area (Å²) >= 11 is 4.29. The Balaban J connectivity index is 2.12. The topological polar surface area (TPSA) is 70.3 Å². The second-order valence-corrected chi connectivity index (χ2v) is 8.75. The van der Waals surface area contributed by atoms with Crippen molar-refractivity contribution in [1.82, 2.24) is 9.13 Å². The number of para-hydroxylation sites is 1. The van der Waals surface area contributed by atoms with Gasteiger partial charge in [0.05, 0.1) is 10.6 Å². The van der Waals surface area contributed by atoms with Crippen molar-refractivity contribution >= 4 is 33.5 Å². The van der Waals surface area contributed by atoms with Crippen LogP contribution in [0.4, 0.5) is 17.6 Å². The van der Waals surface area contributed by atoms with Crippen molar-refractivity contribution in [3.05, 3.63) is 79.3 Å². The molecule has 0 N–H and O–H groups in total. The van der Waals surface area contributed by atoms with Crippen LogP contribution in [0.25, 0.3) is 5.69 Å². The molecule has 33 heavy (non-hydrogen) atoms. The normalized spacial score (nSPS) is 11.5. The minimum Gasteiger partial charge on any atom is -0.485 e. The van der Waals surface area contributed by atoms with Crippen molar-refractivity contribution < 1.29 is 27.1 Å². The van der Waals surface area contributed by atoms with Gasteiger partial charge in [-0.25, -0.2) is 13.8 Å². The number of hydrogen-bond acceptors (Lipinski definition) is 5. The highest BCUT2D eigenvalue weighted by Crippen LogP contribution is 2.40. The number of benzene rings is 2. The summed E-state index contributed by atoms with van der Waals surface area (Å²) in [7, 11) is 0.843. The van der Waals surface area contributed by atoms with Crippen LogP contribution in [-0.2, 0) is 18.0 Å². The Morgan fingerprint density at radius 2 is 1.79 bits per heavy atom. The molecule has 12 heteroatoms. The first-order valence-corrected chi connectivity index (χ1v) is 10.8. The van der Waals surface area contributed by atoms with E-state index in [0.717, 1.165) is 24.9 Å². The minimum absolute atomic E-state index is 0.162. The van der Waals surface area contributed by atoms with E-state index in [1.165, 1.54) is 13.0 Å². The molecule has 0 fully saturated rings. The number of alkyl halides is 3.